The minimum absolute atomic E-state index is 0.0239. The van der Waals surface area contributed by atoms with Gasteiger partial charge in [-0.05, 0) is 38.0 Å². The van der Waals surface area contributed by atoms with E-state index in [1.165, 1.54) is 34.9 Å². The molecule has 1 heterocycles. The Balaban J connectivity index is 1.78. The first-order valence-electron chi connectivity index (χ1n) is 8.07. The van der Waals surface area contributed by atoms with E-state index in [-0.39, 0.29) is 17.3 Å². The summed E-state index contributed by atoms with van der Waals surface area (Å²) in [4.78, 5) is 25.2. The SMILES string of the molecule is CC(Sc1ccc([N+](=O)[O-])cc1)C(=O)N1CCCc2c(F)cc(F)cc21. The van der Waals surface area contributed by atoms with Crippen molar-refractivity contribution >= 4 is 29.0 Å². The molecule has 5 nitrogen and oxygen atoms in total. The van der Waals surface area contributed by atoms with E-state index in [0.717, 1.165) is 6.07 Å². The van der Waals surface area contributed by atoms with Gasteiger partial charge in [0.05, 0.1) is 15.9 Å². The Bertz CT molecular complexity index is 858. The van der Waals surface area contributed by atoms with Crippen molar-refractivity contribution in [2.45, 2.75) is 29.9 Å². The molecule has 0 N–H and O–H groups in total. The van der Waals surface area contributed by atoms with Crippen LogP contribution in [0.1, 0.15) is 18.9 Å². The summed E-state index contributed by atoms with van der Waals surface area (Å²) in [7, 11) is 0. The Kier molecular flexibility index (Phi) is 5.22. The predicted octanol–water partition coefficient (Wildman–Crippen LogP) is 4.33. The third-order valence-electron chi connectivity index (χ3n) is 4.21. The number of nitro groups is 1. The number of rotatable bonds is 4. The lowest BCUT2D eigenvalue weighted by atomic mass is 10.0. The van der Waals surface area contributed by atoms with Gasteiger partial charge < -0.3 is 4.90 Å². The van der Waals surface area contributed by atoms with Crippen LogP contribution in [0.2, 0.25) is 0 Å². The average Bonchev–Trinajstić information content (AvgIpc) is 2.61. The summed E-state index contributed by atoms with van der Waals surface area (Å²) in [5, 5.41) is 10.2. The second kappa shape index (κ2) is 7.41. The third kappa shape index (κ3) is 3.70. The molecule has 1 unspecified atom stereocenters. The molecular formula is C18H16F2N2O3S. The monoisotopic (exact) mass is 378 g/mol. The van der Waals surface area contributed by atoms with E-state index < -0.39 is 21.8 Å². The summed E-state index contributed by atoms with van der Waals surface area (Å²) in [6, 6.07) is 7.94. The maximum atomic E-state index is 14.0. The Morgan fingerprint density at radius 3 is 2.62 bits per heavy atom. The predicted molar refractivity (Wildman–Crippen MR) is 95.4 cm³/mol. The summed E-state index contributed by atoms with van der Waals surface area (Å²) in [6.07, 6.45) is 1.07. The molecule has 0 spiro atoms. The number of hydrogen-bond acceptors (Lipinski definition) is 4. The van der Waals surface area contributed by atoms with E-state index in [1.807, 2.05) is 0 Å². The van der Waals surface area contributed by atoms with Crippen LogP contribution < -0.4 is 4.90 Å². The molecule has 0 saturated carbocycles. The molecule has 3 rings (SSSR count). The maximum absolute atomic E-state index is 14.0. The lowest BCUT2D eigenvalue weighted by molar-refractivity contribution is -0.384. The van der Waals surface area contributed by atoms with Gasteiger partial charge in [-0.1, -0.05) is 0 Å². The molecule has 0 saturated heterocycles. The van der Waals surface area contributed by atoms with Gasteiger partial charge in [-0.3, -0.25) is 14.9 Å². The molecule has 8 heteroatoms. The summed E-state index contributed by atoms with van der Waals surface area (Å²) in [5.41, 5.74) is 0.623. The fraction of sp³-hybridized carbons (Fsp3) is 0.278. The fourth-order valence-electron chi connectivity index (χ4n) is 2.96. The van der Waals surface area contributed by atoms with Crippen molar-refractivity contribution < 1.29 is 18.5 Å². The van der Waals surface area contributed by atoms with Crippen LogP contribution in [-0.4, -0.2) is 22.6 Å². The first-order chi connectivity index (χ1) is 12.4. The molecule has 26 heavy (non-hydrogen) atoms. The van der Waals surface area contributed by atoms with Crippen LogP contribution >= 0.6 is 11.8 Å². The molecule has 1 aliphatic heterocycles. The number of nitro benzene ring substituents is 1. The number of amides is 1. The van der Waals surface area contributed by atoms with Gasteiger partial charge in [-0.15, -0.1) is 11.8 Å². The van der Waals surface area contributed by atoms with Crippen LogP contribution in [0.25, 0.3) is 0 Å². The number of nitrogens with zero attached hydrogens (tertiary/aromatic N) is 2. The minimum Gasteiger partial charge on any atom is -0.311 e. The Hall–Kier alpha value is -2.48. The fourth-order valence-corrected chi connectivity index (χ4v) is 3.89. The maximum Gasteiger partial charge on any atom is 0.269 e. The third-order valence-corrected chi connectivity index (χ3v) is 5.31. The second-order valence-corrected chi connectivity index (χ2v) is 7.40. The molecule has 1 atom stereocenters. The standard InChI is InChI=1S/C18H16F2N2O3S/c1-11(26-14-6-4-13(5-7-14)22(24)25)18(23)21-8-2-3-15-16(20)9-12(19)10-17(15)21/h4-7,9-11H,2-3,8H2,1H3. The molecular weight excluding hydrogens is 362 g/mol. The van der Waals surface area contributed by atoms with Crippen molar-refractivity contribution in [2.24, 2.45) is 0 Å². The zero-order chi connectivity index (χ0) is 18.8. The first-order valence-corrected chi connectivity index (χ1v) is 8.95. The highest BCUT2D eigenvalue weighted by molar-refractivity contribution is 8.00. The van der Waals surface area contributed by atoms with E-state index in [9.17, 15) is 23.7 Å². The van der Waals surface area contributed by atoms with Gasteiger partial charge in [0.1, 0.15) is 11.6 Å². The normalized spacial score (nSPS) is 14.7. The molecule has 0 radical (unpaired) electrons. The van der Waals surface area contributed by atoms with Crippen LogP contribution in [0, 0.1) is 21.7 Å². The van der Waals surface area contributed by atoms with Crippen LogP contribution in [-0.2, 0) is 11.2 Å². The summed E-state index contributed by atoms with van der Waals surface area (Å²) < 4.78 is 27.6. The summed E-state index contributed by atoms with van der Waals surface area (Å²) >= 11 is 1.25. The molecule has 2 aromatic carbocycles. The van der Waals surface area contributed by atoms with Crippen molar-refractivity contribution in [1.29, 1.82) is 0 Å². The van der Waals surface area contributed by atoms with Gasteiger partial charge in [0.2, 0.25) is 5.91 Å². The lowest BCUT2D eigenvalue weighted by Crippen LogP contribution is -2.40. The van der Waals surface area contributed by atoms with Crippen molar-refractivity contribution in [2.75, 3.05) is 11.4 Å². The van der Waals surface area contributed by atoms with Gasteiger partial charge in [0, 0.05) is 35.2 Å². The number of thioether (sulfide) groups is 1. The number of anilines is 1. The first kappa shape index (κ1) is 18.3. The van der Waals surface area contributed by atoms with Crippen molar-refractivity contribution in [3.05, 3.63) is 63.7 Å². The topological polar surface area (TPSA) is 63.5 Å². The lowest BCUT2D eigenvalue weighted by Gasteiger charge is -2.31. The van der Waals surface area contributed by atoms with E-state index in [2.05, 4.69) is 0 Å². The number of benzene rings is 2. The highest BCUT2D eigenvalue weighted by atomic mass is 32.2. The Labute approximate surface area is 153 Å². The van der Waals surface area contributed by atoms with E-state index in [0.29, 0.717) is 29.8 Å². The summed E-state index contributed by atoms with van der Waals surface area (Å²) in [5.74, 6) is -1.59. The molecule has 1 aliphatic rings. The number of halogens is 2. The van der Waals surface area contributed by atoms with Gasteiger partial charge in [-0.25, -0.2) is 8.78 Å². The van der Waals surface area contributed by atoms with E-state index in [1.54, 1.807) is 19.1 Å². The van der Waals surface area contributed by atoms with Crippen LogP contribution in [0.5, 0.6) is 0 Å². The quantitative estimate of drug-likeness (QED) is 0.451. The number of fused-ring (bicyclic) bond motifs is 1. The zero-order valence-electron chi connectivity index (χ0n) is 13.9. The number of carbonyl (C=O) groups excluding carboxylic acids is 1. The largest absolute Gasteiger partial charge is 0.311 e. The number of carbonyl (C=O) groups is 1. The highest BCUT2D eigenvalue weighted by Gasteiger charge is 2.29. The molecule has 1 amide bonds. The number of non-ortho nitro benzene ring substituents is 1. The Morgan fingerprint density at radius 1 is 1.27 bits per heavy atom. The van der Waals surface area contributed by atoms with Crippen molar-refractivity contribution in [3.63, 3.8) is 0 Å². The van der Waals surface area contributed by atoms with Gasteiger partial charge in [0.25, 0.3) is 5.69 Å². The van der Waals surface area contributed by atoms with Gasteiger partial charge in [0.15, 0.2) is 0 Å². The van der Waals surface area contributed by atoms with Gasteiger partial charge in [-0.2, -0.15) is 0 Å². The van der Waals surface area contributed by atoms with E-state index in [4.69, 9.17) is 0 Å². The highest BCUT2D eigenvalue weighted by Crippen LogP contribution is 2.33. The van der Waals surface area contributed by atoms with Crippen LogP contribution in [0.3, 0.4) is 0 Å². The average molecular weight is 378 g/mol. The zero-order valence-corrected chi connectivity index (χ0v) is 14.8. The molecule has 0 fully saturated rings. The molecule has 2 aromatic rings. The smallest absolute Gasteiger partial charge is 0.269 e. The minimum atomic E-state index is -0.711. The van der Waals surface area contributed by atoms with Crippen LogP contribution in [0.15, 0.2) is 41.3 Å². The Morgan fingerprint density at radius 2 is 1.96 bits per heavy atom. The number of hydrogen-bond donors (Lipinski definition) is 0. The molecule has 0 aliphatic carbocycles. The van der Waals surface area contributed by atoms with Crippen molar-refractivity contribution in [3.8, 4) is 0 Å². The molecule has 0 bridgehead atoms. The van der Waals surface area contributed by atoms with Crippen LogP contribution in [0.4, 0.5) is 20.2 Å². The molecule has 136 valence electrons. The molecule has 0 aromatic heterocycles. The van der Waals surface area contributed by atoms with E-state index >= 15 is 0 Å². The van der Waals surface area contributed by atoms with Gasteiger partial charge >= 0.3 is 0 Å². The second-order valence-electron chi connectivity index (χ2n) is 5.99. The summed E-state index contributed by atoms with van der Waals surface area (Å²) in [6.45, 7) is 2.11. The van der Waals surface area contributed by atoms with Crippen molar-refractivity contribution in [1.82, 2.24) is 0 Å².